The van der Waals surface area contributed by atoms with Gasteiger partial charge in [0.15, 0.2) is 12.4 Å². The fourth-order valence-electron chi connectivity index (χ4n) is 7.14. The zero-order chi connectivity index (χ0) is 32.9. The van der Waals surface area contributed by atoms with Crippen LogP contribution in [0, 0.1) is 17.3 Å². The van der Waals surface area contributed by atoms with E-state index in [-0.39, 0.29) is 36.6 Å². The van der Waals surface area contributed by atoms with E-state index in [9.17, 15) is 19.2 Å². The van der Waals surface area contributed by atoms with Crippen LogP contribution in [0.3, 0.4) is 0 Å². The molecule has 3 aliphatic rings. The predicted octanol–water partition coefficient (Wildman–Crippen LogP) is 5.81. The van der Waals surface area contributed by atoms with Crippen molar-refractivity contribution in [3.63, 3.8) is 0 Å². The lowest BCUT2D eigenvalue weighted by molar-refractivity contribution is -0.304. The molecule has 4 atom stereocenters. The number of carbonyl (C=O) groups excluding carboxylic acids is 4. The summed E-state index contributed by atoms with van der Waals surface area (Å²) in [6.07, 6.45) is 3.74. The van der Waals surface area contributed by atoms with E-state index in [1.807, 2.05) is 27.7 Å². The van der Waals surface area contributed by atoms with E-state index in [2.05, 4.69) is 13.5 Å². The standard InChI is InChI=1S/C33H52O11/c1-10-33(16-22-11-23(17-33)15-32(9,14-22)44-27(35)19-38-28(36)21(2)3)20-40-29(37)39-18-25-12-24(41-31(7,8)42-25)13-26(34)43-30(4,5)6/h22-25H,2,10-20H2,1,3-9H3. The van der Waals surface area contributed by atoms with Crippen molar-refractivity contribution in [1.29, 1.82) is 0 Å². The number of hydrogen-bond donors (Lipinski definition) is 0. The first kappa shape index (κ1) is 35.8. The normalized spacial score (nSPS) is 31.3. The maximum absolute atomic E-state index is 12.7. The molecule has 3 rings (SSSR count). The molecule has 11 heteroatoms. The molecule has 2 aliphatic carbocycles. The number of rotatable bonds is 11. The van der Waals surface area contributed by atoms with Gasteiger partial charge in [-0.15, -0.1) is 0 Å². The molecule has 0 N–H and O–H groups in total. The average Bonchev–Trinajstić information content (AvgIpc) is 2.86. The Balaban J connectivity index is 1.47. The smallest absolute Gasteiger partial charge is 0.460 e. The van der Waals surface area contributed by atoms with Gasteiger partial charge >= 0.3 is 24.1 Å². The third-order valence-corrected chi connectivity index (χ3v) is 8.46. The van der Waals surface area contributed by atoms with Gasteiger partial charge in [-0.2, -0.15) is 0 Å². The molecule has 1 heterocycles. The Hall–Kier alpha value is -2.66. The van der Waals surface area contributed by atoms with Gasteiger partial charge in [-0.1, -0.05) is 13.5 Å². The van der Waals surface area contributed by atoms with Crippen molar-refractivity contribution in [1.82, 2.24) is 0 Å². The van der Waals surface area contributed by atoms with E-state index in [1.54, 1.807) is 13.8 Å². The van der Waals surface area contributed by atoms with Gasteiger partial charge in [0.25, 0.3) is 0 Å². The van der Waals surface area contributed by atoms with Crippen LogP contribution >= 0.6 is 0 Å². The van der Waals surface area contributed by atoms with E-state index >= 15 is 0 Å². The summed E-state index contributed by atoms with van der Waals surface area (Å²) < 4.78 is 39.1. The Morgan fingerprint density at radius 1 is 0.864 bits per heavy atom. The van der Waals surface area contributed by atoms with Crippen LogP contribution in [0.1, 0.15) is 107 Å². The van der Waals surface area contributed by atoms with Gasteiger partial charge in [-0.3, -0.25) is 4.79 Å². The van der Waals surface area contributed by atoms with Crippen LogP contribution in [0.4, 0.5) is 4.79 Å². The molecule has 3 fully saturated rings. The predicted molar refractivity (Wildman–Crippen MR) is 159 cm³/mol. The monoisotopic (exact) mass is 624 g/mol. The highest BCUT2D eigenvalue weighted by atomic mass is 16.7. The van der Waals surface area contributed by atoms with Crippen molar-refractivity contribution in [2.75, 3.05) is 19.8 Å². The summed E-state index contributed by atoms with van der Waals surface area (Å²) in [6, 6.07) is 0. The third-order valence-electron chi connectivity index (χ3n) is 8.46. The lowest BCUT2D eigenvalue weighted by Crippen LogP contribution is -2.48. The number of hydrogen-bond acceptors (Lipinski definition) is 11. The molecule has 0 aromatic heterocycles. The van der Waals surface area contributed by atoms with E-state index in [0.29, 0.717) is 31.1 Å². The Kier molecular flexibility index (Phi) is 11.5. The largest absolute Gasteiger partial charge is 0.508 e. The van der Waals surface area contributed by atoms with Crippen LogP contribution < -0.4 is 0 Å². The second-order valence-corrected chi connectivity index (χ2v) is 14.7. The fourth-order valence-corrected chi connectivity index (χ4v) is 7.14. The molecule has 0 amide bonds. The van der Waals surface area contributed by atoms with Gasteiger partial charge in [0.2, 0.25) is 0 Å². The molecule has 11 nitrogen and oxygen atoms in total. The maximum atomic E-state index is 12.7. The first-order valence-corrected chi connectivity index (χ1v) is 15.7. The lowest BCUT2D eigenvalue weighted by Gasteiger charge is -2.51. The topological polar surface area (TPSA) is 133 Å². The van der Waals surface area contributed by atoms with E-state index in [1.165, 1.54) is 6.92 Å². The Morgan fingerprint density at radius 2 is 1.48 bits per heavy atom. The molecule has 2 bridgehead atoms. The molecule has 1 saturated heterocycles. The number of esters is 3. The molecular weight excluding hydrogens is 572 g/mol. The first-order valence-electron chi connectivity index (χ1n) is 15.7. The van der Waals surface area contributed by atoms with Crippen molar-refractivity contribution in [2.24, 2.45) is 17.3 Å². The van der Waals surface area contributed by atoms with E-state index < -0.39 is 53.9 Å². The summed E-state index contributed by atoms with van der Waals surface area (Å²) >= 11 is 0. The highest BCUT2D eigenvalue weighted by molar-refractivity contribution is 5.88. The SMILES string of the molecule is C=C(C)C(=O)OCC(=O)OC1(C)CC2CC(CC(CC)(COC(=O)OCC3CC(CC(=O)OC(C)(C)C)OC(C)(C)O3)C2)C1. The van der Waals surface area contributed by atoms with Crippen molar-refractivity contribution in [3.8, 4) is 0 Å². The minimum Gasteiger partial charge on any atom is -0.460 e. The number of carbonyl (C=O) groups is 4. The quantitative estimate of drug-likeness (QED) is 0.157. The maximum Gasteiger partial charge on any atom is 0.508 e. The van der Waals surface area contributed by atoms with Crippen LogP contribution in [0.15, 0.2) is 12.2 Å². The Labute approximate surface area is 261 Å². The molecule has 1 aliphatic heterocycles. The number of ether oxygens (including phenoxy) is 7. The number of fused-ring (bicyclic) bond motifs is 2. The van der Waals surface area contributed by atoms with E-state index in [0.717, 1.165) is 25.7 Å². The Bertz CT molecular complexity index is 1060. The van der Waals surface area contributed by atoms with Crippen LogP contribution in [0.2, 0.25) is 0 Å². The van der Waals surface area contributed by atoms with Gasteiger partial charge in [-0.05, 0) is 98.8 Å². The highest BCUT2D eigenvalue weighted by Gasteiger charge is 2.49. The minimum atomic E-state index is -0.951. The molecule has 0 spiro atoms. The summed E-state index contributed by atoms with van der Waals surface area (Å²) in [6.45, 7) is 17.8. The van der Waals surface area contributed by atoms with Crippen molar-refractivity contribution in [3.05, 3.63) is 12.2 Å². The molecule has 4 unspecified atom stereocenters. The molecule has 250 valence electrons. The van der Waals surface area contributed by atoms with Gasteiger partial charge in [0.1, 0.15) is 24.4 Å². The van der Waals surface area contributed by atoms with E-state index in [4.69, 9.17) is 33.2 Å². The average molecular weight is 625 g/mol. The molecule has 2 saturated carbocycles. The molecule has 44 heavy (non-hydrogen) atoms. The van der Waals surface area contributed by atoms with Gasteiger partial charge < -0.3 is 33.2 Å². The molecular formula is C33H52O11. The summed E-state index contributed by atoms with van der Waals surface area (Å²) in [4.78, 5) is 49.1. The van der Waals surface area contributed by atoms with Crippen molar-refractivity contribution >= 4 is 24.1 Å². The molecule has 0 aromatic carbocycles. The summed E-state index contributed by atoms with van der Waals surface area (Å²) in [5.41, 5.74) is -1.20. The second kappa shape index (κ2) is 14.2. The van der Waals surface area contributed by atoms with Gasteiger partial charge in [-0.25, -0.2) is 14.4 Å². The Morgan fingerprint density at radius 3 is 2.05 bits per heavy atom. The minimum absolute atomic E-state index is 0.0216. The fraction of sp³-hybridized carbons (Fsp3) is 0.818. The summed E-state index contributed by atoms with van der Waals surface area (Å²) in [7, 11) is 0. The second-order valence-electron chi connectivity index (χ2n) is 14.7. The van der Waals surface area contributed by atoms with Crippen LogP contribution in [-0.4, -0.2) is 73.1 Å². The molecule has 0 radical (unpaired) electrons. The van der Waals surface area contributed by atoms with Crippen LogP contribution in [0.25, 0.3) is 0 Å². The zero-order valence-electron chi connectivity index (χ0n) is 27.8. The zero-order valence-corrected chi connectivity index (χ0v) is 27.8. The van der Waals surface area contributed by atoms with Crippen LogP contribution in [-0.2, 0) is 47.5 Å². The van der Waals surface area contributed by atoms with Crippen molar-refractivity contribution in [2.45, 2.75) is 136 Å². The van der Waals surface area contributed by atoms with Crippen LogP contribution in [0.5, 0.6) is 0 Å². The first-order chi connectivity index (χ1) is 20.3. The lowest BCUT2D eigenvalue weighted by atomic mass is 9.57. The highest BCUT2D eigenvalue weighted by Crippen LogP contribution is 2.53. The summed E-state index contributed by atoms with van der Waals surface area (Å²) in [5.74, 6) is -1.89. The summed E-state index contributed by atoms with van der Waals surface area (Å²) in [5, 5.41) is 0. The molecule has 0 aromatic rings. The van der Waals surface area contributed by atoms with Crippen molar-refractivity contribution < 1.29 is 52.3 Å². The van der Waals surface area contributed by atoms with Gasteiger partial charge in [0.05, 0.1) is 18.6 Å². The van der Waals surface area contributed by atoms with Gasteiger partial charge in [0, 0.05) is 17.4 Å². The third kappa shape index (κ3) is 11.1.